The van der Waals surface area contributed by atoms with E-state index in [1.54, 1.807) is 0 Å². The molecular formula is C14H21IN3O2+. The third kappa shape index (κ3) is 6.85. The molecule has 0 heterocycles. The standard InChI is InChI=1S/C14H20IN3O2/c1-10(2)16-13(19)8-18(3)9-14(20)17-12-6-4-11(15)5-7-12/h4-7,10H,8-9H2,1-3H3,(H,16,19)(H,17,20)/p+1. The number of rotatable bonds is 6. The highest BCUT2D eigenvalue weighted by atomic mass is 127. The van der Waals surface area contributed by atoms with E-state index in [9.17, 15) is 9.59 Å². The van der Waals surface area contributed by atoms with E-state index in [1.165, 1.54) is 0 Å². The lowest BCUT2D eigenvalue weighted by atomic mass is 10.3. The average Bonchev–Trinajstić information content (AvgIpc) is 2.30. The molecule has 5 nitrogen and oxygen atoms in total. The molecule has 0 spiro atoms. The monoisotopic (exact) mass is 390 g/mol. The quantitative estimate of drug-likeness (QED) is 0.611. The lowest BCUT2D eigenvalue weighted by Gasteiger charge is -2.15. The maximum atomic E-state index is 11.8. The van der Waals surface area contributed by atoms with Crippen LogP contribution in [0.1, 0.15) is 13.8 Å². The van der Waals surface area contributed by atoms with Crippen molar-refractivity contribution in [3.63, 3.8) is 0 Å². The number of benzene rings is 1. The van der Waals surface area contributed by atoms with Crippen LogP contribution in [0.4, 0.5) is 5.69 Å². The van der Waals surface area contributed by atoms with Gasteiger partial charge in [-0.1, -0.05) is 0 Å². The van der Waals surface area contributed by atoms with Gasteiger partial charge in [-0.25, -0.2) is 0 Å². The molecule has 0 saturated carbocycles. The lowest BCUT2D eigenvalue weighted by Crippen LogP contribution is -3.11. The number of likely N-dealkylation sites (N-methyl/N-ethyl adjacent to an activating group) is 1. The Hall–Kier alpha value is -1.15. The fourth-order valence-corrected chi connectivity index (χ4v) is 2.08. The highest BCUT2D eigenvalue weighted by Gasteiger charge is 2.14. The minimum Gasteiger partial charge on any atom is -0.349 e. The molecule has 1 rings (SSSR count). The summed E-state index contributed by atoms with van der Waals surface area (Å²) in [6.45, 7) is 4.38. The van der Waals surface area contributed by atoms with Crippen LogP contribution in [0.3, 0.4) is 0 Å². The van der Waals surface area contributed by atoms with Crippen molar-refractivity contribution >= 4 is 40.1 Å². The largest absolute Gasteiger partial charge is 0.349 e. The van der Waals surface area contributed by atoms with Gasteiger partial charge in [-0.15, -0.1) is 0 Å². The molecule has 1 aromatic rings. The molecule has 0 aliphatic carbocycles. The topological polar surface area (TPSA) is 62.6 Å². The molecule has 0 bridgehead atoms. The van der Waals surface area contributed by atoms with Gasteiger partial charge in [0.15, 0.2) is 13.1 Å². The maximum absolute atomic E-state index is 11.8. The molecule has 0 aliphatic rings. The first kappa shape index (κ1) is 16.9. The van der Waals surface area contributed by atoms with Crippen molar-refractivity contribution in [2.24, 2.45) is 0 Å². The molecule has 1 aromatic carbocycles. The normalized spacial score (nSPS) is 12.1. The lowest BCUT2D eigenvalue weighted by molar-refractivity contribution is -0.862. The predicted octanol–water partition coefficient (Wildman–Crippen LogP) is 0.269. The molecule has 6 heteroatoms. The smallest absolute Gasteiger partial charge is 0.279 e. The minimum atomic E-state index is -0.0962. The zero-order chi connectivity index (χ0) is 15.1. The highest BCUT2D eigenvalue weighted by molar-refractivity contribution is 14.1. The Morgan fingerprint density at radius 3 is 2.25 bits per heavy atom. The zero-order valence-electron chi connectivity index (χ0n) is 12.0. The van der Waals surface area contributed by atoms with E-state index in [2.05, 4.69) is 33.2 Å². The summed E-state index contributed by atoms with van der Waals surface area (Å²) in [6, 6.07) is 7.71. The molecule has 0 aliphatic heterocycles. The maximum Gasteiger partial charge on any atom is 0.279 e. The predicted molar refractivity (Wildman–Crippen MR) is 87.7 cm³/mol. The van der Waals surface area contributed by atoms with E-state index in [1.807, 2.05) is 45.2 Å². The number of amides is 2. The zero-order valence-corrected chi connectivity index (χ0v) is 14.2. The van der Waals surface area contributed by atoms with Crippen LogP contribution in [-0.4, -0.2) is 38.0 Å². The van der Waals surface area contributed by atoms with E-state index in [0.717, 1.165) is 14.2 Å². The molecule has 110 valence electrons. The number of quaternary nitrogens is 1. The van der Waals surface area contributed by atoms with Crippen LogP contribution in [-0.2, 0) is 9.59 Å². The second-order valence-electron chi connectivity index (χ2n) is 5.09. The summed E-state index contributed by atoms with van der Waals surface area (Å²) in [5, 5.41) is 5.63. The van der Waals surface area contributed by atoms with Crippen molar-refractivity contribution in [1.82, 2.24) is 5.32 Å². The molecule has 1 atom stereocenters. The van der Waals surface area contributed by atoms with Gasteiger partial charge in [-0.05, 0) is 60.7 Å². The van der Waals surface area contributed by atoms with Crippen LogP contribution in [0, 0.1) is 3.57 Å². The number of carbonyl (C=O) groups excluding carboxylic acids is 2. The van der Waals surface area contributed by atoms with Crippen LogP contribution in [0.5, 0.6) is 0 Å². The Bertz CT molecular complexity index is 460. The molecule has 3 N–H and O–H groups in total. The number of nitrogens with one attached hydrogen (secondary N) is 3. The molecule has 0 saturated heterocycles. The third-order valence-electron chi connectivity index (χ3n) is 2.50. The molecule has 0 aromatic heterocycles. The van der Waals surface area contributed by atoms with Crippen molar-refractivity contribution in [2.75, 3.05) is 25.5 Å². The van der Waals surface area contributed by atoms with E-state index in [4.69, 9.17) is 0 Å². The van der Waals surface area contributed by atoms with E-state index in [0.29, 0.717) is 0 Å². The summed E-state index contributed by atoms with van der Waals surface area (Å²) in [4.78, 5) is 24.3. The van der Waals surface area contributed by atoms with Crippen molar-refractivity contribution < 1.29 is 14.5 Å². The van der Waals surface area contributed by atoms with Crippen molar-refractivity contribution in [1.29, 1.82) is 0 Å². The second kappa shape index (κ2) is 8.21. The molecule has 0 radical (unpaired) electrons. The molecular weight excluding hydrogens is 369 g/mol. The van der Waals surface area contributed by atoms with Gasteiger partial charge in [0, 0.05) is 15.3 Å². The molecule has 20 heavy (non-hydrogen) atoms. The summed E-state index contributed by atoms with van der Waals surface area (Å²) in [5.41, 5.74) is 0.773. The summed E-state index contributed by atoms with van der Waals surface area (Å²) < 4.78 is 1.12. The average molecular weight is 390 g/mol. The van der Waals surface area contributed by atoms with Gasteiger partial charge in [0.1, 0.15) is 0 Å². The number of halogens is 1. The number of anilines is 1. The summed E-state index contributed by atoms with van der Waals surface area (Å²) in [7, 11) is 1.83. The van der Waals surface area contributed by atoms with Gasteiger partial charge in [-0.3, -0.25) is 9.59 Å². The highest BCUT2D eigenvalue weighted by Crippen LogP contribution is 2.10. The van der Waals surface area contributed by atoms with Gasteiger partial charge in [-0.2, -0.15) is 0 Å². The van der Waals surface area contributed by atoms with Crippen molar-refractivity contribution in [2.45, 2.75) is 19.9 Å². The van der Waals surface area contributed by atoms with Crippen LogP contribution in [0.25, 0.3) is 0 Å². The van der Waals surface area contributed by atoms with Gasteiger partial charge < -0.3 is 15.5 Å². The third-order valence-corrected chi connectivity index (χ3v) is 3.22. The van der Waals surface area contributed by atoms with Crippen molar-refractivity contribution in [3.8, 4) is 0 Å². The number of hydrogen-bond donors (Lipinski definition) is 3. The van der Waals surface area contributed by atoms with E-state index < -0.39 is 0 Å². The van der Waals surface area contributed by atoms with Gasteiger partial charge >= 0.3 is 0 Å². The van der Waals surface area contributed by atoms with Gasteiger partial charge in [0.05, 0.1) is 7.05 Å². The Balaban J connectivity index is 2.38. The van der Waals surface area contributed by atoms with Crippen molar-refractivity contribution in [3.05, 3.63) is 27.8 Å². The number of carbonyl (C=O) groups is 2. The van der Waals surface area contributed by atoms with Crippen LogP contribution < -0.4 is 15.5 Å². The fraction of sp³-hybridized carbons (Fsp3) is 0.429. The van der Waals surface area contributed by atoms with Gasteiger partial charge in [0.2, 0.25) is 0 Å². The first-order valence-corrected chi connectivity index (χ1v) is 7.60. The number of hydrogen-bond acceptors (Lipinski definition) is 2. The molecule has 2 amide bonds. The Morgan fingerprint density at radius 1 is 1.15 bits per heavy atom. The SMILES string of the molecule is CC(C)NC(=O)C[NH+](C)CC(=O)Nc1ccc(I)cc1. The van der Waals surface area contributed by atoms with Crippen LogP contribution >= 0.6 is 22.6 Å². The summed E-state index contributed by atoms with van der Waals surface area (Å²) in [6.07, 6.45) is 0. The Kier molecular flexibility index (Phi) is 6.94. The van der Waals surface area contributed by atoms with E-state index >= 15 is 0 Å². The molecule has 0 fully saturated rings. The first-order valence-electron chi connectivity index (χ1n) is 6.53. The summed E-state index contributed by atoms with van der Waals surface area (Å²) in [5.74, 6) is -0.138. The van der Waals surface area contributed by atoms with Crippen LogP contribution in [0.15, 0.2) is 24.3 Å². The van der Waals surface area contributed by atoms with Gasteiger partial charge in [0.25, 0.3) is 11.8 Å². The second-order valence-corrected chi connectivity index (χ2v) is 6.33. The Morgan fingerprint density at radius 2 is 1.70 bits per heavy atom. The summed E-state index contributed by atoms with van der Waals surface area (Å²) >= 11 is 2.21. The van der Waals surface area contributed by atoms with Crippen LogP contribution in [0.2, 0.25) is 0 Å². The van der Waals surface area contributed by atoms with E-state index in [-0.39, 0.29) is 30.9 Å². The fourth-order valence-electron chi connectivity index (χ4n) is 1.72. The molecule has 1 unspecified atom stereocenters. The Labute approximate surface area is 133 Å². The minimum absolute atomic E-state index is 0.0421. The first-order chi connectivity index (χ1) is 9.36.